The summed E-state index contributed by atoms with van der Waals surface area (Å²) in [5.41, 5.74) is 3.78. The maximum atomic E-state index is 12.7. The summed E-state index contributed by atoms with van der Waals surface area (Å²) in [6.07, 6.45) is 8.01. The number of hydrogen-bond acceptors (Lipinski definition) is 4. The van der Waals surface area contributed by atoms with Crippen molar-refractivity contribution in [3.63, 3.8) is 0 Å². The molecule has 0 radical (unpaired) electrons. The molecule has 0 saturated carbocycles. The Balaban J connectivity index is 1.49. The van der Waals surface area contributed by atoms with Crippen LogP contribution < -0.4 is 5.43 Å². The number of nitrogens with zero attached hydrogens (tertiary/aromatic N) is 2. The third-order valence-corrected chi connectivity index (χ3v) is 3.50. The van der Waals surface area contributed by atoms with Crippen LogP contribution in [-0.2, 0) is 9.59 Å². The lowest BCUT2D eigenvalue weighted by Crippen LogP contribution is -2.30. The fraction of sp³-hybridized carbons (Fsp3) is 0.353. The van der Waals surface area contributed by atoms with Gasteiger partial charge in [-0.1, -0.05) is 25.0 Å². The van der Waals surface area contributed by atoms with Crippen LogP contribution in [0.1, 0.15) is 31.2 Å². The van der Waals surface area contributed by atoms with E-state index in [2.05, 4.69) is 10.5 Å². The maximum absolute atomic E-state index is 12.7. The minimum Gasteiger partial charge on any atom is -0.310 e. The Labute approximate surface area is 134 Å². The van der Waals surface area contributed by atoms with Crippen molar-refractivity contribution in [1.29, 1.82) is 0 Å². The molecular weight excluding hydrogens is 296 g/mol. The number of carbonyl (C=O) groups is 2. The summed E-state index contributed by atoms with van der Waals surface area (Å²) in [7, 11) is 0. The van der Waals surface area contributed by atoms with E-state index in [1.165, 1.54) is 29.2 Å². The van der Waals surface area contributed by atoms with Crippen molar-refractivity contribution >= 4 is 18.0 Å². The lowest BCUT2D eigenvalue weighted by Gasteiger charge is -2.12. The van der Waals surface area contributed by atoms with Crippen LogP contribution in [0.3, 0.4) is 0 Å². The van der Waals surface area contributed by atoms with Gasteiger partial charge in [0.05, 0.1) is 6.21 Å². The van der Waals surface area contributed by atoms with Gasteiger partial charge in [0.15, 0.2) is 0 Å². The Morgan fingerprint density at radius 3 is 2.35 bits per heavy atom. The Morgan fingerprint density at radius 2 is 1.65 bits per heavy atom. The minimum atomic E-state index is -0.261. The topological polar surface area (TPSA) is 61.8 Å². The molecule has 0 saturated heterocycles. The van der Waals surface area contributed by atoms with Crippen LogP contribution in [-0.4, -0.2) is 36.0 Å². The fourth-order valence-corrected chi connectivity index (χ4v) is 2.21. The Hall–Kier alpha value is -2.50. The molecule has 1 aliphatic heterocycles. The number of unbranched alkanes of at least 4 members (excludes halogenated alkanes) is 3. The largest absolute Gasteiger partial charge is 0.310 e. The van der Waals surface area contributed by atoms with Gasteiger partial charge in [0.25, 0.3) is 11.8 Å². The first-order chi connectivity index (χ1) is 11.2. The molecule has 0 bridgehead atoms. The number of imide groups is 1. The Bertz CT molecular complexity index is 578. The van der Waals surface area contributed by atoms with Gasteiger partial charge in [-0.25, -0.2) is 4.39 Å². The van der Waals surface area contributed by atoms with Crippen LogP contribution in [0, 0.1) is 5.82 Å². The standard InChI is InChI=1S/C17H20FN3O2/c18-15-7-5-14(6-8-15)13-20-19-11-3-1-2-4-12-21-16(22)9-10-17(21)23/h5-10,13,19H,1-4,11-12H2/b20-13+/i18-1. The van der Waals surface area contributed by atoms with Crippen LogP contribution in [0.2, 0.25) is 0 Å². The molecule has 1 aliphatic rings. The Morgan fingerprint density at radius 1 is 1.00 bits per heavy atom. The van der Waals surface area contributed by atoms with Crippen LogP contribution in [0.25, 0.3) is 0 Å². The van der Waals surface area contributed by atoms with Crippen LogP contribution in [0.15, 0.2) is 41.5 Å². The molecule has 0 aromatic heterocycles. The van der Waals surface area contributed by atoms with Crippen LogP contribution in [0.5, 0.6) is 0 Å². The molecular formula is C17H20FN3O2. The Kier molecular flexibility index (Phi) is 6.47. The first-order valence-electron chi connectivity index (χ1n) is 7.72. The van der Waals surface area contributed by atoms with E-state index in [4.69, 9.17) is 0 Å². The predicted molar refractivity (Wildman–Crippen MR) is 86.3 cm³/mol. The number of carbonyl (C=O) groups excluding carboxylic acids is 2. The van der Waals surface area contributed by atoms with Gasteiger partial charge in [-0.15, -0.1) is 0 Å². The highest BCUT2D eigenvalue weighted by atomic mass is 18.2. The molecule has 2 rings (SSSR count). The van der Waals surface area contributed by atoms with Gasteiger partial charge in [0, 0.05) is 25.2 Å². The minimum absolute atomic E-state index is 0.216. The number of hydrazone groups is 1. The second kappa shape index (κ2) is 8.82. The molecule has 1 aromatic carbocycles. The summed E-state index contributed by atoms with van der Waals surface area (Å²) < 4.78 is 12.7. The molecule has 0 spiro atoms. The number of nitrogens with one attached hydrogen (secondary N) is 1. The van der Waals surface area contributed by atoms with E-state index >= 15 is 0 Å². The molecule has 5 nitrogen and oxygen atoms in total. The molecule has 122 valence electrons. The SMILES string of the molecule is O=C1C=CC(=O)N1CCCCCCN/N=C/c1ccc([18F])cc1. The van der Waals surface area contributed by atoms with Crippen LogP contribution >= 0.6 is 0 Å². The third kappa shape index (κ3) is 5.65. The van der Waals surface area contributed by atoms with E-state index in [0.717, 1.165) is 37.8 Å². The second-order valence-corrected chi connectivity index (χ2v) is 5.29. The van der Waals surface area contributed by atoms with E-state index in [-0.39, 0.29) is 17.6 Å². The summed E-state index contributed by atoms with van der Waals surface area (Å²) in [6, 6.07) is 6.12. The maximum Gasteiger partial charge on any atom is 0.253 e. The summed E-state index contributed by atoms with van der Waals surface area (Å²) in [5, 5.41) is 4.07. The number of amides is 2. The molecule has 2 amide bonds. The van der Waals surface area contributed by atoms with E-state index < -0.39 is 0 Å². The lowest BCUT2D eigenvalue weighted by molar-refractivity contribution is -0.136. The number of halogens is 1. The average molecular weight is 316 g/mol. The molecule has 23 heavy (non-hydrogen) atoms. The summed E-state index contributed by atoms with van der Waals surface area (Å²) >= 11 is 0. The molecule has 0 atom stereocenters. The molecule has 6 heteroatoms. The van der Waals surface area contributed by atoms with E-state index in [9.17, 15) is 14.0 Å². The van der Waals surface area contributed by atoms with Gasteiger partial charge in [-0.05, 0) is 30.5 Å². The summed E-state index contributed by atoms with van der Waals surface area (Å²) in [5.74, 6) is -0.693. The molecule has 0 aliphatic carbocycles. The zero-order valence-electron chi connectivity index (χ0n) is 12.9. The molecule has 0 unspecified atom stereocenters. The summed E-state index contributed by atoms with van der Waals surface area (Å²) in [4.78, 5) is 23.9. The van der Waals surface area contributed by atoms with Crippen molar-refractivity contribution in [2.45, 2.75) is 25.7 Å². The highest BCUT2D eigenvalue weighted by Crippen LogP contribution is 2.07. The number of benzene rings is 1. The van der Waals surface area contributed by atoms with Gasteiger partial charge in [-0.2, -0.15) is 5.10 Å². The lowest BCUT2D eigenvalue weighted by atomic mass is 10.2. The number of hydrogen-bond donors (Lipinski definition) is 1. The quantitative estimate of drug-likeness (QED) is 0.329. The predicted octanol–water partition coefficient (Wildman–Crippen LogP) is 2.23. The highest BCUT2D eigenvalue weighted by Gasteiger charge is 2.21. The first-order valence-corrected chi connectivity index (χ1v) is 7.72. The second-order valence-electron chi connectivity index (χ2n) is 5.29. The average Bonchev–Trinajstić information content (AvgIpc) is 2.86. The fourth-order valence-electron chi connectivity index (χ4n) is 2.21. The van der Waals surface area contributed by atoms with Gasteiger partial charge in [0.1, 0.15) is 5.82 Å². The van der Waals surface area contributed by atoms with E-state index in [1.807, 2.05) is 0 Å². The van der Waals surface area contributed by atoms with Gasteiger partial charge >= 0.3 is 0 Å². The van der Waals surface area contributed by atoms with Gasteiger partial charge < -0.3 is 5.43 Å². The van der Waals surface area contributed by atoms with Gasteiger partial charge in [-0.3, -0.25) is 14.5 Å². The third-order valence-electron chi connectivity index (χ3n) is 3.50. The van der Waals surface area contributed by atoms with Crippen molar-refractivity contribution < 1.29 is 14.0 Å². The van der Waals surface area contributed by atoms with Crippen LogP contribution in [0.4, 0.5) is 4.39 Å². The van der Waals surface area contributed by atoms with E-state index in [1.54, 1.807) is 18.3 Å². The van der Waals surface area contributed by atoms with Crippen molar-refractivity contribution in [3.8, 4) is 0 Å². The zero-order valence-corrected chi connectivity index (χ0v) is 12.9. The summed E-state index contributed by atoms with van der Waals surface area (Å²) in [6.45, 7) is 1.24. The highest BCUT2D eigenvalue weighted by molar-refractivity contribution is 6.12. The van der Waals surface area contributed by atoms with Crippen molar-refractivity contribution in [3.05, 3.63) is 47.8 Å². The molecule has 1 heterocycles. The zero-order chi connectivity index (χ0) is 16.5. The number of rotatable bonds is 9. The smallest absolute Gasteiger partial charge is 0.253 e. The van der Waals surface area contributed by atoms with Gasteiger partial charge in [0.2, 0.25) is 0 Å². The molecule has 1 N–H and O–H groups in total. The molecule has 0 fully saturated rings. The first kappa shape index (κ1) is 16.9. The van der Waals surface area contributed by atoms with Crippen molar-refractivity contribution in [1.82, 2.24) is 10.3 Å². The van der Waals surface area contributed by atoms with E-state index in [0.29, 0.717) is 6.54 Å². The monoisotopic (exact) mass is 316 g/mol. The van der Waals surface area contributed by atoms with Crippen molar-refractivity contribution in [2.75, 3.05) is 13.1 Å². The normalized spacial score (nSPS) is 14.2. The molecule has 1 aromatic rings. The van der Waals surface area contributed by atoms with Crippen molar-refractivity contribution in [2.24, 2.45) is 5.10 Å².